The fourth-order valence-corrected chi connectivity index (χ4v) is 3.11. The minimum atomic E-state index is 0.697. The minimum absolute atomic E-state index is 0.697. The highest BCUT2D eigenvalue weighted by molar-refractivity contribution is 5.82. The molecule has 100 valence electrons. The molecule has 1 aromatic carbocycles. The van der Waals surface area contributed by atoms with E-state index in [1.807, 2.05) is 12.3 Å². The first-order valence-corrected chi connectivity index (χ1v) is 7.44. The van der Waals surface area contributed by atoms with Crippen LogP contribution in [0.3, 0.4) is 0 Å². The number of pyridine rings is 1. The smallest absolute Gasteiger partial charge is 0.0736 e. The summed E-state index contributed by atoms with van der Waals surface area (Å²) in [6.07, 6.45) is 5.79. The summed E-state index contributed by atoms with van der Waals surface area (Å²) in [6, 6.07) is 10.8. The number of para-hydroxylation sites is 1. The Bertz CT molecular complexity index is 544. The van der Waals surface area contributed by atoms with Crippen LogP contribution < -0.4 is 5.32 Å². The van der Waals surface area contributed by atoms with Gasteiger partial charge in [-0.25, -0.2) is 0 Å². The summed E-state index contributed by atoms with van der Waals surface area (Å²) >= 11 is 0. The van der Waals surface area contributed by atoms with Gasteiger partial charge < -0.3 is 5.32 Å². The molecular weight excluding hydrogens is 232 g/mol. The maximum absolute atomic E-state index is 4.59. The molecule has 2 aromatic rings. The predicted octanol–water partition coefficient (Wildman–Crippen LogP) is 3.73. The van der Waals surface area contributed by atoms with Crippen molar-refractivity contribution in [2.75, 3.05) is 13.1 Å². The second-order valence-electron chi connectivity index (χ2n) is 5.57. The zero-order valence-corrected chi connectivity index (χ0v) is 11.6. The third kappa shape index (κ3) is 2.50. The van der Waals surface area contributed by atoms with E-state index in [2.05, 4.69) is 41.5 Å². The molecule has 2 unspecified atom stereocenters. The van der Waals surface area contributed by atoms with Gasteiger partial charge in [-0.2, -0.15) is 0 Å². The molecule has 1 aliphatic carbocycles. The molecule has 1 fully saturated rings. The van der Waals surface area contributed by atoms with Crippen molar-refractivity contribution in [3.8, 4) is 0 Å². The zero-order chi connectivity index (χ0) is 13.1. The van der Waals surface area contributed by atoms with Gasteiger partial charge in [-0.05, 0) is 55.8 Å². The standard InChI is InChI=1S/C17H22N2/c1-2-10-18-12-14-8-9-15(14)16-7-3-5-13-6-4-11-19-17(13)16/h3-7,11,14-15,18H,2,8-10,12H2,1H3. The van der Waals surface area contributed by atoms with Gasteiger partial charge >= 0.3 is 0 Å². The number of nitrogens with one attached hydrogen (secondary N) is 1. The first-order valence-electron chi connectivity index (χ1n) is 7.44. The third-order valence-corrected chi connectivity index (χ3v) is 4.31. The molecule has 2 atom stereocenters. The van der Waals surface area contributed by atoms with Gasteiger partial charge in [0.2, 0.25) is 0 Å². The van der Waals surface area contributed by atoms with Crippen LogP contribution in [-0.4, -0.2) is 18.1 Å². The van der Waals surface area contributed by atoms with Gasteiger partial charge in [-0.15, -0.1) is 0 Å². The molecule has 1 aromatic heterocycles. The zero-order valence-electron chi connectivity index (χ0n) is 11.6. The first kappa shape index (κ1) is 12.6. The van der Waals surface area contributed by atoms with Crippen LogP contribution in [0.1, 0.15) is 37.7 Å². The van der Waals surface area contributed by atoms with E-state index in [9.17, 15) is 0 Å². The van der Waals surface area contributed by atoms with Crippen molar-refractivity contribution in [3.63, 3.8) is 0 Å². The van der Waals surface area contributed by atoms with Gasteiger partial charge in [0.25, 0.3) is 0 Å². The molecular formula is C17H22N2. The molecule has 3 rings (SSSR count). The quantitative estimate of drug-likeness (QED) is 0.822. The number of hydrogen-bond acceptors (Lipinski definition) is 2. The lowest BCUT2D eigenvalue weighted by Gasteiger charge is -2.37. The van der Waals surface area contributed by atoms with Gasteiger partial charge in [0.15, 0.2) is 0 Å². The molecule has 1 heterocycles. The van der Waals surface area contributed by atoms with Crippen molar-refractivity contribution < 1.29 is 0 Å². The molecule has 0 aliphatic heterocycles. The third-order valence-electron chi connectivity index (χ3n) is 4.31. The molecule has 1 N–H and O–H groups in total. The van der Waals surface area contributed by atoms with E-state index in [0.717, 1.165) is 19.0 Å². The van der Waals surface area contributed by atoms with Crippen molar-refractivity contribution in [1.29, 1.82) is 0 Å². The highest BCUT2D eigenvalue weighted by Gasteiger charge is 2.32. The molecule has 0 bridgehead atoms. The van der Waals surface area contributed by atoms with Crippen LogP contribution in [0.25, 0.3) is 10.9 Å². The van der Waals surface area contributed by atoms with E-state index in [4.69, 9.17) is 0 Å². The minimum Gasteiger partial charge on any atom is -0.316 e. The van der Waals surface area contributed by atoms with E-state index in [-0.39, 0.29) is 0 Å². The van der Waals surface area contributed by atoms with E-state index >= 15 is 0 Å². The molecule has 19 heavy (non-hydrogen) atoms. The Morgan fingerprint density at radius 3 is 2.89 bits per heavy atom. The maximum atomic E-state index is 4.59. The average Bonchev–Trinajstić information content (AvgIpc) is 2.43. The summed E-state index contributed by atoms with van der Waals surface area (Å²) in [7, 11) is 0. The average molecular weight is 254 g/mol. The molecule has 0 spiro atoms. The van der Waals surface area contributed by atoms with Crippen LogP contribution in [0.4, 0.5) is 0 Å². The Kier molecular flexibility index (Phi) is 3.79. The summed E-state index contributed by atoms with van der Waals surface area (Å²) in [5, 5.41) is 4.83. The van der Waals surface area contributed by atoms with Gasteiger partial charge in [0.05, 0.1) is 5.52 Å². The van der Waals surface area contributed by atoms with Crippen LogP contribution in [-0.2, 0) is 0 Å². The number of fused-ring (bicyclic) bond motifs is 1. The van der Waals surface area contributed by atoms with Crippen LogP contribution in [0.5, 0.6) is 0 Å². The fourth-order valence-electron chi connectivity index (χ4n) is 3.11. The molecule has 0 saturated heterocycles. The van der Waals surface area contributed by atoms with E-state index in [1.165, 1.54) is 35.7 Å². The highest BCUT2D eigenvalue weighted by atomic mass is 14.9. The molecule has 0 radical (unpaired) electrons. The summed E-state index contributed by atoms with van der Waals surface area (Å²) < 4.78 is 0. The van der Waals surface area contributed by atoms with Gasteiger partial charge in [-0.3, -0.25) is 4.98 Å². The Morgan fingerprint density at radius 1 is 1.21 bits per heavy atom. The Morgan fingerprint density at radius 2 is 2.11 bits per heavy atom. The monoisotopic (exact) mass is 254 g/mol. The number of rotatable bonds is 5. The van der Waals surface area contributed by atoms with E-state index < -0.39 is 0 Å². The number of hydrogen-bond donors (Lipinski definition) is 1. The van der Waals surface area contributed by atoms with E-state index in [0.29, 0.717) is 5.92 Å². The van der Waals surface area contributed by atoms with Gasteiger partial charge in [0.1, 0.15) is 0 Å². The summed E-state index contributed by atoms with van der Waals surface area (Å²) in [5.74, 6) is 1.49. The van der Waals surface area contributed by atoms with Crippen molar-refractivity contribution in [3.05, 3.63) is 42.1 Å². The van der Waals surface area contributed by atoms with Crippen molar-refractivity contribution in [2.24, 2.45) is 5.92 Å². The largest absolute Gasteiger partial charge is 0.316 e. The lowest BCUT2D eigenvalue weighted by molar-refractivity contribution is 0.247. The second kappa shape index (κ2) is 5.70. The number of benzene rings is 1. The molecule has 0 amide bonds. The van der Waals surface area contributed by atoms with Crippen LogP contribution >= 0.6 is 0 Å². The first-order chi connectivity index (χ1) is 9.40. The number of nitrogens with zero attached hydrogens (tertiary/aromatic N) is 1. The van der Waals surface area contributed by atoms with Crippen LogP contribution in [0.15, 0.2) is 36.5 Å². The van der Waals surface area contributed by atoms with Crippen molar-refractivity contribution >= 4 is 10.9 Å². The Labute approximate surface area is 115 Å². The fraction of sp³-hybridized carbons (Fsp3) is 0.471. The summed E-state index contributed by atoms with van der Waals surface area (Å²) in [5.41, 5.74) is 2.66. The van der Waals surface area contributed by atoms with Gasteiger partial charge in [0, 0.05) is 11.6 Å². The highest BCUT2D eigenvalue weighted by Crippen LogP contribution is 2.43. The normalized spacial score (nSPS) is 22.4. The molecule has 2 nitrogen and oxygen atoms in total. The second-order valence-corrected chi connectivity index (χ2v) is 5.57. The Hall–Kier alpha value is -1.41. The van der Waals surface area contributed by atoms with Gasteiger partial charge in [-0.1, -0.05) is 31.2 Å². The lowest BCUT2D eigenvalue weighted by atomic mass is 9.69. The van der Waals surface area contributed by atoms with E-state index in [1.54, 1.807) is 0 Å². The lowest BCUT2D eigenvalue weighted by Crippen LogP contribution is -2.34. The topological polar surface area (TPSA) is 24.9 Å². The maximum Gasteiger partial charge on any atom is 0.0736 e. The molecule has 2 heteroatoms. The van der Waals surface area contributed by atoms with Crippen LogP contribution in [0.2, 0.25) is 0 Å². The number of aromatic nitrogens is 1. The predicted molar refractivity (Wildman–Crippen MR) is 80.4 cm³/mol. The molecule has 1 saturated carbocycles. The Balaban J connectivity index is 1.80. The van der Waals surface area contributed by atoms with Crippen molar-refractivity contribution in [1.82, 2.24) is 10.3 Å². The summed E-state index contributed by atoms with van der Waals surface area (Å²) in [4.78, 5) is 4.59. The molecule has 1 aliphatic rings. The van der Waals surface area contributed by atoms with Crippen molar-refractivity contribution in [2.45, 2.75) is 32.1 Å². The van der Waals surface area contributed by atoms with Crippen LogP contribution in [0, 0.1) is 5.92 Å². The SMILES string of the molecule is CCCNCC1CCC1c1cccc2cccnc12. The summed E-state index contributed by atoms with van der Waals surface area (Å²) in [6.45, 7) is 4.51.